The first kappa shape index (κ1) is 23.1. The number of aromatic nitrogens is 2. The zero-order valence-electron chi connectivity index (χ0n) is 17.4. The summed E-state index contributed by atoms with van der Waals surface area (Å²) in [5.74, 6) is -0.366. The van der Waals surface area contributed by atoms with Crippen molar-refractivity contribution < 1.29 is 22.8 Å². The van der Waals surface area contributed by atoms with Crippen LogP contribution in [0, 0.1) is 6.92 Å². The Balaban J connectivity index is 1.61. The number of amides is 1. The van der Waals surface area contributed by atoms with Crippen LogP contribution in [0.5, 0.6) is 0 Å². The van der Waals surface area contributed by atoms with Crippen LogP contribution >= 0.6 is 23.2 Å². The van der Waals surface area contributed by atoms with E-state index in [1.54, 1.807) is 30.9 Å². The van der Waals surface area contributed by atoms with E-state index in [9.17, 15) is 18.0 Å². The molecule has 0 saturated heterocycles. The lowest BCUT2D eigenvalue weighted by Gasteiger charge is -2.29. The van der Waals surface area contributed by atoms with Crippen molar-refractivity contribution in [3.05, 3.63) is 81.1 Å². The van der Waals surface area contributed by atoms with Crippen LogP contribution in [-0.2, 0) is 17.5 Å². The van der Waals surface area contributed by atoms with E-state index in [-0.39, 0.29) is 27.2 Å². The van der Waals surface area contributed by atoms with Crippen molar-refractivity contribution in [1.29, 1.82) is 0 Å². The molecule has 0 fully saturated rings. The maximum absolute atomic E-state index is 14.2. The minimum absolute atomic E-state index is 0.0537. The van der Waals surface area contributed by atoms with Crippen molar-refractivity contribution in [2.45, 2.75) is 25.1 Å². The summed E-state index contributed by atoms with van der Waals surface area (Å²) in [6.07, 6.45) is -2.21. The minimum Gasteiger partial charge on any atom is -0.374 e. The Labute approximate surface area is 196 Å². The molecule has 1 atom stereocenters. The number of carbonyl (C=O) groups excluding carboxylic acids is 1. The van der Waals surface area contributed by atoms with Gasteiger partial charge >= 0.3 is 6.18 Å². The molecule has 4 rings (SSSR count). The molecule has 0 bridgehead atoms. The van der Waals surface area contributed by atoms with E-state index < -0.39 is 18.2 Å². The average Bonchev–Trinajstić information content (AvgIpc) is 3.34. The molecule has 2 heterocycles. The number of carbonyl (C=O) groups is 1. The van der Waals surface area contributed by atoms with Gasteiger partial charge < -0.3 is 10.2 Å². The highest BCUT2D eigenvalue weighted by Gasteiger charge is 2.62. The topological polar surface area (TPSA) is 68.5 Å². The first-order chi connectivity index (χ1) is 15.5. The summed E-state index contributed by atoms with van der Waals surface area (Å²) in [4.78, 5) is 17.6. The summed E-state index contributed by atoms with van der Waals surface area (Å²) < 4.78 is 44.0. The molecule has 1 aliphatic rings. The molecule has 172 valence electrons. The molecule has 1 amide bonds. The molecule has 1 aromatic heterocycles. The van der Waals surface area contributed by atoms with Crippen LogP contribution in [-0.4, -0.2) is 27.6 Å². The predicted molar refractivity (Wildman–Crippen MR) is 119 cm³/mol. The Morgan fingerprint density at radius 2 is 1.88 bits per heavy atom. The molecule has 1 aliphatic heterocycles. The second-order valence-electron chi connectivity index (χ2n) is 7.68. The van der Waals surface area contributed by atoms with E-state index in [1.165, 1.54) is 24.4 Å². The number of oxime groups is 1. The smallest absolute Gasteiger partial charge is 0.374 e. The van der Waals surface area contributed by atoms with Crippen molar-refractivity contribution in [2.75, 3.05) is 5.32 Å². The summed E-state index contributed by atoms with van der Waals surface area (Å²) >= 11 is 11.9. The normalized spacial score (nSPS) is 18.1. The molecule has 33 heavy (non-hydrogen) atoms. The van der Waals surface area contributed by atoms with E-state index in [0.29, 0.717) is 22.4 Å². The van der Waals surface area contributed by atoms with Crippen molar-refractivity contribution in [3.63, 3.8) is 0 Å². The Hall–Kier alpha value is -3.04. The summed E-state index contributed by atoms with van der Waals surface area (Å²) in [6, 6.07) is 8.32. The molecule has 6 nitrogen and oxygen atoms in total. The monoisotopic (exact) mass is 496 g/mol. The number of nitrogens with zero attached hydrogens (tertiary/aromatic N) is 3. The Kier molecular flexibility index (Phi) is 5.88. The maximum atomic E-state index is 14.2. The van der Waals surface area contributed by atoms with E-state index in [4.69, 9.17) is 28.0 Å². The fourth-order valence-corrected chi connectivity index (χ4v) is 4.15. The Morgan fingerprint density at radius 1 is 1.18 bits per heavy atom. The first-order valence-corrected chi connectivity index (χ1v) is 10.4. The zero-order chi connectivity index (χ0) is 24.0. The van der Waals surface area contributed by atoms with Crippen LogP contribution in [0.2, 0.25) is 10.0 Å². The van der Waals surface area contributed by atoms with Crippen LogP contribution in [0.4, 0.5) is 18.9 Å². The highest BCUT2D eigenvalue weighted by Crippen LogP contribution is 2.49. The van der Waals surface area contributed by atoms with Crippen LogP contribution in [0.25, 0.3) is 0 Å². The lowest BCUT2D eigenvalue weighted by molar-refractivity contribution is -0.275. The number of nitrogens with one attached hydrogen (secondary N) is 1. The lowest BCUT2D eigenvalue weighted by atomic mass is 9.86. The van der Waals surface area contributed by atoms with Gasteiger partial charge in [0.25, 0.3) is 11.5 Å². The molecular weight excluding hydrogens is 480 g/mol. The average molecular weight is 497 g/mol. The molecule has 2 aromatic carbocycles. The van der Waals surface area contributed by atoms with Gasteiger partial charge in [-0.25, -0.2) is 0 Å². The molecule has 11 heteroatoms. The third-order valence-corrected chi connectivity index (χ3v) is 5.72. The van der Waals surface area contributed by atoms with Crippen LogP contribution < -0.4 is 5.32 Å². The number of alkyl halides is 3. The molecule has 3 aromatic rings. The maximum Gasteiger partial charge on any atom is 0.435 e. The number of aryl methyl sites for hydroxylation is 2. The predicted octanol–water partition coefficient (Wildman–Crippen LogP) is 5.87. The van der Waals surface area contributed by atoms with Gasteiger partial charge in [0.15, 0.2) is 0 Å². The van der Waals surface area contributed by atoms with Crippen molar-refractivity contribution in [1.82, 2.24) is 9.78 Å². The van der Waals surface area contributed by atoms with Crippen molar-refractivity contribution in [2.24, 2.45) is 12.2 Å². The van der Waals surface area contributed by atoms with Gasteiger partial charge in [-0.05, 0) is 48.4 Å². The van der Waals surface area contributed by atoms with E-state index in [2.05, 4.69) is 15.6 Å². The van der Waals surface area contributed by atoms with Crippen LogP contribution in [0.1, 0.15) is 33.5 Å². The molecule has 1 unspecified atom stereocenters. The third-order valence-electron chi connectivity index (χ3n) is 5.28. The SMILES string of the molecule is Cc1cc(C2=NOC(c3cc(Cl)cc(Cl)c3)(C(F)(F)F)C2)ccc1C(=O)Nc1cnn(C)c1. The quantitative estimate of drug-likeness (QED) is 0.491. The van der Waals surface area contributed by atoms with Gasteiger partial charge in [-0.3, -0.25) is 9.48 Å². The molecular formula is C22H17Cl2F3N4O2. The van der Waals surface area contributed by atoms with Gasteiger partial charge in [0.05, 0.1) is 17.6 Å². The Bertz CT molecular complexity index is 1250. The molecule has 0 aliphatic carbocycles. The molecule has 0 radical (unpaired) electrons. The summed E-state index contributed by atoms with van der Waals surface area (Å²) in [5.41, 5.74) is -1.01. The first-order valence-electron chi connectivity index (χ1n) is 9.68. The second kappa shape index (κ2) is 8.39. The number of halogens is 5. The minimum atomic E-state index is -4.79. The van der Waals surface area contributed by atoms with Gasteiger partial charge in [-0.2, -0.15) is 18.3 Å². The highest BCUT2D eigenvalue weighted by atomic mass is 35.5. The summed E-state index contributed by atoms with van der Waals surface area (Å²) in [5, 5.41) is 10.6. The van der Waals surface area contributed by atoms with Gasteiger partial charge in [-0.15, -0.1) is 0 Å². The highest BCUT2D eigenvalue weighted by molar-refractivity contribution is 6.34. The Morgan fingerprint density at radius 3 is 2.45 bits per heavy atom. The number of hydrogen-bond acceptors (Lipinski definition) is 4. The summed E-state index contributed by atoms with van der Waals surface area (Å²) in [6.45, 7) is 1.69. The fourth-order valence-electron chi connectivity index (χ4n) is 3.63. The summed E-state index contributed by atoms with van der Waals surface area (Å²) in [7, 11) is 1.72. The van der Waals surface area contributed by atoms with E-state index in [1.807, 2.05) is 0 Å². The van der Waals surface area contributed by atoms with Crippen LogP contribution in [0.3, 0.4) is 0 Å². The number of anilines is 1. The largest absolute Gasteiger partial charge is 0.435 e. The standard InChI is InChI=1S/C22H17Cl2F3N4O2/c1-12-5-13(3-4-18(12)20(32)29-17-10-28-31(2)11-17)19-9-21(33-30-19,22(25,26)27)14-6-15(23)8-16(24)7-14/h3-8,10-11H,9H2,1-2H3,(H,29,32). The second-order valence-corrected chi connectivity index (χ2v) is 8.55. The zero-order valence-corrected chi connectivity index (χ0v) is 18.9. The van der Waals surface area contributed by atoms with Gasteiger partial charge in [0.1, 0.15) is 0 Å². The third kappa shape index (κ3) is 4.43. The van der Waals surface area contributed by atoms with Gasteiger partial charge in [0.2, 0.25) is 0 Å². The van der Waals surface area contributed by atoms with Crippen LogP contribution in [0.15, 0.2) is 53.9 Å². The molecule has 1 N–H and O–H groups in total. The number of hydrogen-bond donors (Lipinski definition) is 1. The fraction of sp³-hybridized carbons (Fsp3) is 0.227. The van der Waals surface area contributed by atoms with Crippen molar-refractivity contribution in [3.8, 4) is 0 Å². The molecule has 0 saturated carbocycles. The van der Waals surface area contributed by atoms with Crippen molar-refractivity contribution >= 4 is 40.5 Å². The molecule has 0 spiro atoms. The van der Waals surface area contributed by atoms with E-state index in [0.717, 1.165) is 12.1 Å². The number of rotatable bonds is 4. The van der Waals surface area contributed by atoms with Gasteiger partial charge in [-0.1, -0.05) is 34.4 Å². The van der Waals surface area contributed by atoms with E-state index >= 15 is 0 Å². The number of benzene rings is 2. The van der Waals surface area contributed by atoms with Gasteiger partial charge in [0, 0.05) is 40.8 Å². The lowest BCUT2D eigenvalue weighted by Crippen LogP contribution is -2.42.